The topological polar surface area (TPSA) is 12.0 Å². The summed E-state index contributed by atoms with van der Waals surface area (Å²) >= 11 is 5.17. The highest BCUT2D eigenvalue weighted by Crippen LogP contribution is 2.04. The Labute approximate surface area is 86.3 Å². The van der Waals surface area contributed by atoms with Crippen molar-refractivity contribution in [1.29, 1.82) is 0 Å². The van der Waals surface area contributed by atoms with Gasteiger partial charge in [0.25, 0.3) is 0 Å². The van der Waals surface area contributed by atoms with E-state index in [0.717, 1.165) is 18.4 Å². The maximum Gasteiger partial charge on any atom is 0.0213 e. The first-order valence-corrected chi connectivity index (χ1v) is 6.27. The number of unbranched alkanes of at least 4 members (excludes halogenated alkanes) is 1. The van der Waals surface area contributed by atoms with Crippen molar-refractivity contribution in [2.45, 2.75) is 19.4 Å². The van der Waals surface area contributed by atoms with Gasteiger partial charge in [-0.2, -0.15) is 11.3 Å². The Morgan fingerprint density at radius 3 is 3.00 bits per heavy atom. The van der Waals surface area contributed by atoms with E-state index in [9.17, 15) is 0 Å². The number of rotatable bonds is 6. The molecule has 0 unspecified atom stereocenters. The fraction of sp³-hybridized carbons (Fsp3) is 0.556. The Balaban J connectivity index is 1.96. The van der Waals surface area contributed by atoms with Gasteiger partial charge < -0.3 is 5.32 Å². The van der Waals surface area contributed by atoms with Crippen molar-refractivity contribution < 1.29 is 0 Å². The first kappa shape index (κ1) is 10.2. The summed E-state index contributed by atoms with van der Waals surface area (Å²) in [4.78, 5) is 0. The number of hydrogen-bond donors (Lipinski definition) is 1. The first-order valence-electron chi connectivity index (χ1n) is 4.21. The maximum atomic E-state index is 3.41. The molecule has 68 valence electrons. The monoisotopic (exact) mass is 247 g/mol. The normalized spacial score (nSPS) is 10.4. The molecular formula is C9H14BrNS. The van der Waals surface area contributed by atoms with Crippen LogP contribution in [0.25, 0.3) is 0 Å². The summed E-state index contributed by atoms with van der Waals surface area (Å²) in [5.41, 5.74) is 1.40. The van der Waals surface area contributed by atoms with Gasteiger partial charge in [0, 0.05) is 11.9 Å². The second-order valence-electron chi connectivity index (χ2n) is 2.70. The van der Waals surface area contributed by atoms with Crippen molar-refractivity contribution in [3.05, 3.63) is 22.4 Å². The molecule has 0 aliphatic carbocycles. The van der Waals surface area contributed by atoms with Crippen LogP contribution in [0.4, 0.5) is 0 Å². The van der Waals surface area contributed by atoms with E-state index in [2.05, 4.69) is 38.1 Å². The van der Waals surface area contributed by atoms with Crippen LogP contribution in [0, 0.1) is 0 Å². The first-order chi connectivity index (χ1) is 5.93. The van der Waals surface area contributed by atoms with E-state index in [0.29, 0.717) is 0 Å². The molecule has 1 N–H and O–H groups in total. The van der Waals surface area contributed by atoms with Gasteiger partial charge in [-0.1, -0.05) is 15.9 Å². The number of nitrogens with one attached hydrogen (secondary N) is 1. The average molecular weight is 248 g/mol. The fourth-order valence-corrected chi connectivity index (χ4v) is 2.04. The lowest BCUT2D eigenvalue weighted by molar-refractivity contribution is 0.645. The second-order valence-corrected chi connectivity index (χ2v) is 4.28. The minimum Gasteiger partial charge on any atom is -0.313 e. The smallest absolute Gasteiger partial charge is 0.0213 e. The molecule has 1 aromatic rings. The summed E-state index contributed by atoms with van der Waals surface area (Å²) in [6.45, 7) is 2.15. The van der Waals surface area contributed by atoms with Gasteiger partial charge in [0.1, 0.15) is 0 Å². The van der Waals surface area contributed by atoms with E-state index in [1.807, 2.05) is 0 Å². The molecule has 0 aromatic carbocycles. The van der Waals surface area contributed by atoms with Crippen molar-refractivity contribution in [2.75, 3.05) is 11.9 Å². The van der Waals surface area contributed by atoms with Crippen LogP contribution in [-0.2, 0) is 6.54 Å². The zero-order chi connectivity index (χ0) is 8.65. The largest absolute Gasteiger partial charge is 0.313 e. The predicted molar refractivity (Wildman–Crippen MR) is 59.1 cm³/mol. The van der Waals surface area contributed by atoms with Gasteiger partial charge in [0.2, 0.25) is 0 Å². The lowest BCUT2D eigenvalue weighted by Crippen LogP contribution is -2.14. The van der Waals surface area contributed by atoms with Gasteiger partial charge in [-0.15, -0.1) is 0 Å². The number of alkyl halides is 1. The van der Waals surface area contributed by atoms with Crippen LogP contribution < -0.4 is 5.32 Å². The van der Waals surface area contributed by atoms with Crippen LogP contribution in [0.2, 0.25) is 0 Å². The van der Waals surface area contributed by atoms with Gasteiger partial charge in [-0.3, -0.25) is 0 Å². The molecule has 1 nitrogen and oxygen atoms in total. The molecule has 0 aliphatic rings. The van der Waals surface area contributed by atoms with E-state index in [4.69, 9.17) is 0 Å². The molecule has 3 heteroatoms. The Bertz CT molecular complexity index is 186. The van der Waals surface area contributed by atoms with Gasteiger partial charge in [-0.05, 0) is 41.8 Å². The van der Waals surface area contributed by atoms with Gasteiger partial charge in [0.05, 0.1) is 0 Å². The third-order valence-electron chi connectivity index (χ3n) is 1.65. The molecule has 1 heterocycles. The Hall–Kier alpha value is 0.140. The van der Waals surface area contributed by atoms with E-state index < -0.39 is 0 Å². The lowest BCUT2D eigenvalue weighted by atomic mass is 10.3. The lowest BCUT2D eigenvalue weighted by Gasteiger charge is -2.00. The minimum absolute atomic E-state index is 1.02. The second kappa shape index (κ2) is 6.63. The highest BCUT2D eigenvalue weighted by Gasteiger charge is 1.91. The summed E-state index contributed by atoms with van der Waals surface area (Å²) in [7, 11) is 0. The molecule has 1 aromatic heterocycles. The van der Waals surface area contributed by atoms with E-state index in [1.165, 1.54) is 18.4 Å². The molecule has 0 fully saturated rings. The zero-order valence-electron chi connectivity index (χ0n) is 7.05. The van der Waals surface area contributed by atoms with Gasteiger partial charge in [0.15, 0.2) is 0 Å². The van der Waals surface area contributed by atoms with E-state index in [1.54, 1.807) is 11.3 Å². The molecule has 0 spiro atoms. The minimum atomic E-state index is 1.02. The van der Waals surface area contributed by atoms with Crippen molar-refractivity contribution in [1.82, 2.24) is 5.32 Å². The van der Waals surface area contributed by atoms with Gasteiger partial charge >= 0.3 is 0 Å². The van der Waals surface area contributed by atoms with Crippen LogP contribution >= 0.6 is 27.3 Å². The molecular weight excluding hydrogens is 234 g/mol. The summed E-state index contributed by atoms with van der Waals surface area (Å²) in [6, 6.07) is 2.17. The number of hydrogen-bond acceptors (Lipinski definition) is 2. The van der Waals surface area contributed by atoms with Crippen molar-refractivity contribution >= 4 is 27.3 Å². The van der Waals surface area contributed by atoms with Gasteiger partial charge in [-0.25, -0.2) is 0 Å². The van der Waals surface area contributed by atoms with Crippen LogP contribution in [0.3, 0.4) is 0 Å². The molecule has 0 aliphatic heterocycles. The molecule has 12 heavy (non-hydrogen) atoms. The van der Waals surface area contributed by atoms with Crippen molar-refractivity contribution in [2.24, 2.45) is 0 Å². The quantitative estimate of drug-likeness (QED) is 0.602. The van der Waals surface area contributed by atoms with Crippen LogP contribution in [-0.4, -0.2) is 11.9 Å². The highest BCUT2D eigenvalue weighted by atomic mass is 79.9. The molecule has 0 radical (unpaired) electrons. The molecule has 1 rings (SSSR count). The summed E-state index contributed by atoms with van der Waals surface area (Å²) in [5.74, 6) is 0. The highest BCUT2D eigenvalue weighted by molar-refractivity contribution is 9.09. The van der Waals surface area contributed by atoms with Crippen LogP contribution in [0.15, 0.2) is 16.8 Å². The summed E-state index contributed by atoms with van der Waals surface area (Å²) in [5, 5.41) is 8.84. The Morgan fingerprint density at radius 1 is 1.42 bits per heavy atom. The predicted octanol–water partition coefficient (Wildman–Crippen LogP) is 3.01. The molecule has 0 amide bonds. The fourth-order valence-electron chi connectivity index (χ4n) is 0.970. The summed E-state index contributed by atoms with van der Waals surface area (Å²) in [6.07, 6.45) is 2.52. The van der Waals surface area contributed by atoms with Crippen LogP contribution in [0.1, 0.15) is 18.4 Å². The SMILES string of the molecule is BrCCCCNCc1ccsc1. The maximum absolute atomic E-state index is 3.41. The standard InChI is InChI=1S/C9H14BrNS/c10-4-1-2-5-11-7-9-3-6-12-8-9/h3,6,8,11H,1-2,4-5,7H2. The van der Waals surface area contributed by atoms with E-state index in [-0.39, 0.29) is 0 Å². The van der Waals surface area contributed by atoms with Crippen molar-refractivity contribution in [3.8, 4) is 0 Å². The number of thiophene rings is 1. The average Bonchev–Trinajstić information content (AvgIpc) is 2.57. The third kappa shape index (κ3) is 4.24. The zero-order valence-corrected chi connectivity index (χ0v) is 9.46. The third-order valence-corrected chi connectivity index (χ3v) is 2.94. The van der Waals surface area contributed by atoms with E-state index >= 15 is 0 Å². The van der Waals surface area contributed by atoms with Crippen LogP contribution in [0.5, 0.6) is 0 Å². The van der Waals surface area contributed by atoms with Crippen molar-refractivity contribution in [3.63, 3.8) is 0 Å². The Kier molecular flexibility index (Phi) is 5.65. The summed E-state index contributed by atoms with van der Waals surface area (Å²) < 4.78 is 0. The number of halogens is 1. The Morgan fingerprint density at radius 2 is 2.33 bits per heavy atom. The molecule has 0 saturated carbocycles. The molecule has 0 atom stereocenters. The molecule has 0 bridgehead atoms. The molecule has 0 saturated heterocycles.